The molecule has 2 saturated heterocycles. The van der Waals surface area contributed by atoms with Gasteiger partial charge in [-0.2, -0.15) is 0 Å². The van der Waals surface area contributed by atoms with Gasteiger partial charge in [-0.1, -0.05) is 12.8 Å². The van der Waals surface area contributed by atoms with Gasteiger partial charge >= 0.3 is 0 Å². The first kappa shape index (κ1) is 18.6. The zero-order valence-electron chi connectivity index (χ0n) is 15.9. The van der Waals surface area contributed by atoms with E-state index in [1.807, 2.05) is 24.5 Å². The molecule has 146 valence electrons. The normalized spacial score (nSPS) is 20.2. The second kappa shape index (κ2) is 8.14. The van der Waals surface area contributed by atoms with Gasteiger partial charge in [-0.25, -0.2) is 8.61 Å². The number of carbonyl (C=O) groups is 1. The van der Waals surface area contributed by atoms with E-state index in [2.05, 4.69) is 18.6 Å². The van der Waals surface area contributed by atoms with Gasteiger partial charge in [0, 0.05) is 48.4 Å². The van der Waals surface area contributed by atoms with Gasteiger partial charge in [0.2, 0.25) is 0 Å². The summed E-state index contributed by atoms with van der Waals surface area (Å²) in [6.07, 6.45) is 11.4. The van der Waals surface area contributed by atoms with E-state index in [-0.39, 0.29) is 5.78 Å². The van der Waals surface area contributed by atoms with Crippen LogP contribution >= 0.6 is 23.9 Å². The number of piperidine rings is 2. The molecule has 28 heavy (non-hydrogen) atoms. The minimum absolute atomic E-state index is 0.0622. The third-order valence-electron chi connectivity index (χ3n) is 5.54. The minimum Gasteiger partial charge on any atom is -0.288 e. The highest BCUT2D eigenvalue weighted by Gasteiger charge is 2.30. The number of nitrogens with zero attached hydrogens (tertiary/aromatic N) is 4. The van der Waals surface area contributed by atoms with Crippen LogP contribution in [0.2, 0.25) is 0 Å². The average molecular weight is 413 g/mol. The lowest BCUT2D eigenvalue weighted by Gasteiger charge is -2.24. The molecule has 2 aromatic rings. The fraction of sp³-hybridized carbons (Fsp3) is 0.476. The first-order chi connectivity index (χ1) is 13.8. The largest absolute Gasteiger partial charge is 0.288 e. The van der Waals surface area contributed by atoms with Gasteiger partial charge in [-0.05, 0) is 61.7 Å². The second-order valence-corrected chi connectivity index (χ2v) is 9.97. The van der Waals surface area contributed by atoms with E-state index in [4.69, 9.17) is 0 Å². The number of hydrogen-bond donors (Lipinski definition) is 0. The SMILES string of the molecule is O=C1c2cc(SN3CCCCC3)cnc2-c2ncc(SN3CCCCC3)cc21. The van der Waals surface area contributed by atoms with Gasteiger partial charge in [-0.3, -0.25) is 14.8 Å². The molecule has 0 spiro atoms. The van der Waals surface area contributed by atoms with Crippen molar-refractivity contribution < 1.29 is 4.79 Å². The zero-order chi connectivity index (χ0) is 18.9. The first-order valence-electron chi connectivity index (χ1n) is 10.2. The van der Waals surface area contributed by atoms with Crippen molar-refractivity contribution in [3.05, 3.63) is 35.7 Å². The molecule has 7 heteroatoms. The number of rotatable bonds is 4. The minimum atomic E-state index is 0.0622. The quantitative estimate of drug-likeness (QED) is 0.577. The van der Waals surface area contributed by atoms with E-state index < -0.39 is 0 Å². The van der Waals surface area contributed by atoms with Gasteiger partial charge in [0.15, 0.2) is 5.78 Å². The highest BCUT2D eigenvalue weighted by molar-refractivity contribution is 7.97. The Kier molecular flexibility index (Phi) is 5.41. The maximum Gasteiger partial charge on any atom is 0.197 e. The number of ketones is 1. The van der Waals surface area contributed by atoms with E-state index in [0.717, 1.165) is 47.4 Å². The Morgan fingerprint density at radius 2 is 1.11 bits per heavy atom. The van der Waals surface area contributed by atoms with Crippen molar-refractivity contribution in [2.75, 3.05) is 26.2 Å². The molecule has 0 amide bonds. The van der Waals surface area contributed by atoms with Gasteiger partial charge in [0.05, 0.1) is 11.1 Å². The number of hydrogen-bond acceptors (Lipinski definition) is 7. The van der Waals surface area contributed by atoms with E-state index in [0.29, 0.717) is 11.1 Å². The molecule has 3 aliphatic rings. The van der Waals surface area contributed by atoms with Crippen molar-refractivity contribution in [2.45, 2.75) is 48.3 Å². The van der Waals surface area contributed by atoms with Crippen LogP contribution in [0.4, 0.5) is 0 Å². The summed E-state index contributed by atoms with van der Waals surface area (Å²) in [5, 5.41) is 0. The number of pyridine rings is 2. The lowest BCUT2D eigenvalue weighted by Crippen LogP contribution is -2.22. The monoisotopic (exact) mass is 412 g/mol. The summed E-state index contributed by atoms with van der Waals surface area (Å²) < 4.78 is 4.76. The number of aromatic nitrogens is 2. The third kappa shape index (κ3) is 3.73. The molecule has 5 nitrogen and oxygen atoms in total. The first-order valence-corrected chi connectivity index (χ1v) is 11.7. The molecule has 0 unspecified atom stereocenters. The van der Waals surface area contributed by atoms with E-state index in [9.17, 15) is 4.79 Å². The Morgan fingerprint density at radius 3 is 1.54 bits per heavy atom. The Balaban J connectivity index is 1.36. The van der Waals surface area contributed by atoms with Crippen LogP contribution in [0.3, 0.4) is 0 Å². The molecule has 0 atom stereocenters. The van der Waals surface area contributed by atoms with Gasteiger partial charge in [0.25, 0.3) is 0 Å². The Hall–Kier alpha value is -1.41. The molecule has 2 aliphatic heterocycles. The molecule has 0 saturated carbocycles. The van der Waals surface area contributed by atoms with E-state index >= 15 is 0 Å². The summed E-state index contributed by atoms with van der Waals surface area (Å²) in [6, 6.07) is 4.01. The molecule has 2 aromatic heterocycles. The van der Waals surface area contributed by atoms with Crippen LogP contribution in [-0.4, -0.2) is 50.5 Å². The fourth-order valence-corrected chi connectivity index (χ4v) is 6.09. The summed E-state index contributed by atoms with van der Waals surface area (Å²) in [5.41, 5.74) is 2.87. The molecule has 0 bridgehead atoms. The smallest absolute Gasteiger partial charge is 0.197 e. The molecular formula is C21H24N4OS2. The van der Waals surface area contributed by atoms with E-state index in [1.165, 1.54) is 38.5 Å². The van der Waals surface area contributed by atoms with Crippen LogP contribution in [-0.2, 0) is 0 Å². The van der Waals surface area contributed by atoms with E-state index in [1.54, 1.807) is 23.9 Å². The average Bonchev–Trinajstić information content (AvgIpc) is 3.01. The van der Waals surface area contributed by atoms with Gasteiger partial charge in [-0.15, -0.1) is 0 Å². The predicted molar refractivity (Wildman–Crippen MR) is 113 cm³/mol. The number of carbonyl (C=O) groups excluding carboxylic acids is 1. The second-order valence-electron chi connectivity index (χ2n) is 7.63. The van der Waals surface area contributed by atoms with Crippen LogP contribution in [0.1, 0.15) is 54.4 Å². The highest BCUT2D eigenvalue weighted by atomic mass is 32.2. The van der Waals surface area contributed by atoms with Gasteiger partial charge < -0.3 is 0 Å². The third-order valence-corrected chi connectivity index (χ3v) is 7.65. The van der Waals surface area contributed by atoms with Crippen molar-refractivity contribution >= 4 is 29.7 Å². The fourth-order valence-electron chi connectivity index (χ4n) is 4.07. The Labute approximate surface area is 174 Å². The van der Waals surface area contributed by atoms with Crippen molar-refractivity contribution in [3.8, 4) is 11.4 Å². The number of fused-ring (bicyclic) bond motifs is 3. The van der Waals surface area contributed by atoms with Crippen LogP contribution in [0.15, 0.2) is 34.3 Å². The lowest BCUT2D eigenvalue weighted by molar-refractivity contribution is 0.104. The standard InChI is InChI=1S/C21H24N4OS2/c26-21-17-11-15(27-24-7-3-1-4-8-24)13-22-19(17)20-18(21)12-16(14-23-20)28-25-9-5-2-6-10-25/h11-14H,1-10H2. The lowest BCUT2D eigenvalue weighted by atomic mass is 10.1. The van der Waals surface area contributed by atoms with Gasteiger partial charge in [0.1, 0.15) is 11.4 Å². The molecule has 1 aliphatic carbocycles. The highest BCUT2D eigenvalue weighted by Crippen LogP contribution is 2.38. The topological polar surface area (TPSA) is 49.3 Å². The molecule has 5 rings (SSSR count). The molecular weight excluding hydrogens is 388 g/mol. The summed E-state index contributed by atoms with van der Waals surface area (Å²) in [5.74, 6) is 0.0622. The van der Waals surface area contributed by atoms with Crippen molar-refractivity contribution in [1.82, 2.24) is 18.6 Å². The van der Waals surface area contributed by atoms with Crippen molar-refractivity contribution in [2.24, 2.45) is 0 Å². The molecule has 0 N–H and O–H groups in total. The Morgan fingerprint density at radius 1 is 0.679 bits per heavy atom. The summed E-state index contributed by atoms with van der Waals surface area (Å²) in [6.45, 7) is 4.42. The summed E-state index contributed by atoms with van der Waals surface area (Å²) >= 11 is 3.45. The Bertz CT molecular complexity index is 820. The molecule has 2 fully saturated rings. The summed E-state index contributed by atoms with van der Waals surface area (Å²) in [4.78, 5) is 24.4. The molecule has 0 radical (unpaired) electrons. The van der Waals surface area contributed by atoms with Crippen LogP contribution < -0.4 is 0 Å². The van der Waals surface area contributed by atoms with Crippen molar-refractivity contribution in [3.63, 3.8) is 0 Å². The molecule has 4 heterocycles. The molecule has 0 aromatic carbocycles. The zero-order valence-corrected chi connectivity index (χ0v) is 17.5. The maximum absolute atomic E-state index is 13.1. The van der Waals surface area contributed by atoms with Crippen molar-refractivity contribution in [1.29, 1.82) is 0 Å². The predicted octanol–water partition coefficient (Wildman–Crippen LogP) is 4.67. The van der Waals surface area contributed by atoms with Crippen LogP contribution in [0.5, 0.6) is 0 Å². The van der Waals surface area contributed by atoms with Crippen LogP contribution in [0.25, 0.3) is 11.4 Å². The van der Waals surface area contributed by atoms with Crippen LogP contribution in [0, 0.1) is 0 Å². The maximum atomic E-state index is 13.1. The summed E-state index contributed by atoms with van der Waals surface area (Å²) in [7, 11) is 0.